The van der Waals surface area contributed by atoms with Crippen LogP contribution in [0.1, 0.15) is 5.56 Å². The highest BCUT2D eigenvalue weighted by Crippen LogP contribution is 2.31. The maximum Gasteiger partial charge on any atom is 0.291 e. The van der Waals surface area contributed by atoms with Crippen molar-refractivity contribution in [2.75, 3.05) is 0 Å². The number of hydrogen-bond acceptors (Lipinski definition) is 3. The molecule has 64 valence electrons. The van der Waals surface area contributed by atoms with Crippen LogP contribution in [-0.4, -0.2) is 10.0 Å². The normalized spacial score (nSPS) is 9.83. The number of phenolic OH excluding ortho intramolecular Hbond substituents is 1. The number of nitro benzene ring substituents is 1. The van der Waals surface area contributed by atoms with Crippen molar-refractivity contribution in [3.05, 3.63) is 32.8 Å². The monoisotopic (exact) mass is 187 g/mol. The molecule has 0 atom stereocenters. The Morgan fingerprint density at radius 2 is 2.17 bits per heavy atom. The fourth-order valence-electron chi connectivity index (χ4n) is 0.865. The van der Waals surface area contributed by atoms with Gasteiger partial charge in [-0.3, -0.25) is 10.1 Å². The predicted molar refractivity (Wildman–Crippen MR) is 44.5 cm³/mol. The Hall–Kier alpha value is -1.29. The largest absolute Gasteiger partial charge is 0.508 e. The van der Waals surface area contributed by atoms with E-state index in [0.717, 1.165) is 6.07 Å². The van der Waals surface area contributed by atoms with E-state index in [1.807, 2.05) is 0 Å². The fraction of sp³-hybridized carbons (Fsp3) is 0.143. The molecule has 0 unspecified atom stereocenters. The number of nitro groups is 1. The molecule has 5 heteroatoms. The van der Waals surface area contributed by atoms with E-state index >= 15 is 0 Å². The van der Waals surface area contributed by atoms with E-state index < -0.39 is 4.92 Å². The maximum absolute atomic E-state index is 10.3. The van der Waals surface area contributed by atoms with Crippen LogP contribution in [0.15, 0.2) is 12.1 Å². The maximum atomic E-state index is 10.3. The number of aromatic hydroxyl groups is 1. The minimum Gasteiger partial charge on any atom is -0.508 e. The molecule has 4 nitrogen and oxygen atoms in total. The van der Waals surface area contributed by atoms with Gasteiger partial charge in [-0.2, -0.15) is 0 Å². The lowest BCUT2D eigenvalue weighted by Gasteiger charge is -1.99. The number of aryl methyl sites for hydroxylation is 1. The summed E-state index contributed by atoms with van der Waals surface area (Å²) in [6, 6.07) is 2.39. The van der Waals surface area contributed by atoms with E-state index in [0.29, 0.717) is 5.56 Å². The zero-order valence-electron chi connectivity index (χ0n) is 6.24. The number of phenols is 1. The van der Waals surface area contributed by atoms with Crippen molar-refractivity contribution >= 4 is 17.3 Å². The molecule has 0 bridgehead atoms. The van der Waals surface area contributed by atoms with Gasteiger partial charge in [0.2, 0.25) is 0 Å². The van der Waals surface area contributed by atoms with Crippen LogP contribution in [0.25, 0.3) is 0 Å². The van der Waals surface area contributed by atoms with Gasteiger partial charge in [0, 0.05) is 0 Å². The van der Waals surface area contributed by atoms with Gasteiger partial charge >= 0.3 is 0 Å². The number of benzene rings is 1. The first-order valence-electron chi connectivity index (χ1n) is 3.16. The molecule has 0 aromatic heterocycles. The molecule has 0 saturated heterocycles. The second-order valence-corrected chi connectivity index (χ2v) is 2.73. The molecule has 12 heavy (non-hydrogen) atoms. The summed E-state index contributed by atoms with van der Waals surface area (Å²) in [5.74, 6) is -0.149. The van der Waals surface area contributed by atoms with Crippen molar-refractivity contribution in [3.63, 3.8) is 0 Å². The molecule has 0 aliphatic carbocycles. The SMILES string of the molecule is Cc1cc(O)cc([N+](=O)[O-])c1Cl. The van der Waals surface area contributed by atoms with E-state index in [1.54, 1.807) is 6.92 Å². The van der Waals surface area contributed by atoms with Crippen LogP contribution in [0.4, 0.5) is 5.69 Å². The molecule has 0 aliphatic heterocycles. The standard InChI is InChI=1S/C7H6ClNO3/c1-4-2-5(10)3-6(7(4)8)9(11)12/h2-3,10H,1H3. The van der Waals surface area contributed by atoms with Gasteiger partial charge in [0.1, 0.15) is 10.8 Å². The number of nitrogens with zero attached hydrogens (tertiary/aromatic N) is 1. The molecule has 1 aromatic carbocycles. The van der Waals surface area contributed by atoms with Gasteiger partial charge in [-0.15, -0.1) is 0 Å². The van der Waals surface area contributed by atoms with Gasteiger partial charge in [-0.25, -0.2) is 0 Å². The molecule has 0 radical (unpaired) electrons. The third-order valence-electron chi connectivity index (χ3n) is 1.42. The Labute approximate surface area is 73.5 Å². The predicted octanol–water partition coefficient (Wildman–Crippen LogP) is 2.26. The zero-order valence-corrected chi connectivity index (χ0v) is 7.00. The first kappa shape index (κ1) is 8.80. The van der Waals surface area contributed by atoms with Crippen LogP contribution in [-0.2, 0) is 0 Å². The van der Waals surface area contributed by atoms with Crippen LogP contribution in [0.3, 0.4) is 0 Å². The topological polar surface area (TPSA) is 63.4 Å². The molecule has 0 saturated carbocycles. The molecule has 0 amide bonds. The molecule has 0 fully saturated rings. The first-order valence-corrected chi connectivity index (χ1v) is 3.53. The van der Waals surface area contributed by atoms with E-state index in [9.17, 15) is 10.1 Å². The minimum absolute atomic E-state index is 0.0674. The highest BCUT2D eigenvalue weighted by atomic mass is 35.5. The van der Waals surface area contributed by atoms with Gasteiger partial charge in [-0.1, -0.05) is 11.6 Å². The second kappa shape index (κ2) is 2.98. The van der Waals surface area contributed by atoms with Crippen molar-refractivity contribution in [1.29, 1.82) is 0 Å². The average molecular weight is 188 g/mol. The Morgan fingerprint density at radius 3 is 2.67 bits per heavy atom. The summed E-state index contributed by atoms with van der Waals surface area (Å²) in [6.07, 6.45) is 0. The summed E-state index contributed by atoms with van der Waals surface area (Å²) >= 11 is 5.61. The van der Waals surface area contributed by atoms with Crippen molar-refractivity contribution in [1.82, 2.24) is 0 Å². The minimum atomic E-state index is -0.630. The van der Waals surface area contributed by atoms with Crippen LogP contribution < -0.4 is 0 Å². The number of rotatable bonds is 1. The van der Waals surface area contributed by atoms with Crippen LogP contribution in [0, 0.1) is 17.0 Å². The molecule has 0 aliphatic rings. The molecular weight excluding hydrogens is 182 g/mol. The lowest BCUT2D eigenvalue weighted by Crippen LogP contribution is -1.90. The molecule has 1 rings (SSSR count). The van der Waals surface area contributed by atoms with Crippen LogP contribution in [0.5, 0.6) is 5.75 Å². The van der Waals surface area contributed by atoms with Gasteiger partial charge in [-0.05, 0) is 18.6 Å². The molecule has 0 heterocycles. The van der Waals surface area contributed by atoms with E-state index in [1.165, 1.54) is 6.07 Å². The summed E-state index contributed by atoms with van der Waals surface area (Å²) in [6.45, 7) is 1.59. The highest BCUT2D eigenvalue weighted by molar-refractivity contribution is 6.33. The van der Waals surface area contributed by atoms with Gasteiger partial charge in [0.25, 0.3) is 5.69 Å². The highest BCUT2D eigenvalue weighted by Gasteiger charge is 2.15. The lowest BCUT2D eigenvalue weighted by atomic mass is 10.2. The third-order valence-corrected chi connectivity index (χ3v) is 1.91. The summed E-state index contributed by atoms with van der Waals surface area (Å²) in [4.78, 5) is 9.71. The quantitative estimate of drug-likeness (QED) is 0.542. The van der Waals surface area contributed by atoms with Crippen LogP contribution in [0.2, 0.25) is 5.02 Å². The number of halogens is 1. The smallest absolute Gasteiger partial charge is 0.291 e. The Bertz CT molecular complexity index is 338. The molecule has 1 N–H and O–H groups in total. The zero-order chi connectivity index (χ0) is 9.30. The molecular formula is C7H6ClNO3. The average Bonchev–Trinajstić information content (AvgIpc) is 1.96. The second-order valence-electron chi connectivity index (χ2n) is 2.35. The fourth-order valence-corrected chi connectivity index (χ4v) is 1.04. The van der Waals surface area contributed by atoms with Crippen molar-refractivity contribution in [3.8, 4) is 5.75 Å². The van der Waals surface area contributed by atoms with Crippen molar-refractivity contribution in [2.45, 2.75) is 6.92 Å². The Balaban J connectivity index is 3.37. The van der Waals surface area contributed by atoms with Gasteiger partial charge in [0.15, 0.2) is 0 Å². The summed E-state index contributed by atoms with van der Waals surface area (Å²) < 4.78 is 0. The summed E-state index contributed by atoms with van der Waals surface area (Å²) in [7, 11) is 0. The van der Waals surface area contributed by atoms with Gasteiger partial charge < -0.3 is 5.11 Å². The molecule has 0 spiro atoms. The summed E-state index contributed by atoms with van der Waals surface area (Å²) in [5.41, 5.74) is 0.220. The Morgan fingerprint density at radius 1 is 1.58 bits per heavy atom. The first-order chi connectivity index (χ1) is 5.52. The van der Waals surface area contributed by atoms with E-state index in [2.05, 4.69) is 0 Å². The molecule has 1 aromatic rings. The third kappa shape index (κ3) is 1.48. The number of hydrogen-bond donors (Lipinski definition) is 1. The van der Waals surface area contributed by atoms with Crippen molar-refractivity contribution < 1.29 is 10.0 Å². The van der Waals surface area contributed by atoms with E-state index in [-0.39, 0.29) is 16.5 Å². The van der Waals surface area contributed by atoms with Gasteiger partial charge in [0.05, 0.1) is 11.0 Å². The lowest BCUT2D eigenvalue weighted by molar-refractivity contribution is -0.384. The van der Waals surface area contributed by atoms with Crippen molar-refractivity contribution in [2.24, 2.45) is 0 Å². The Kier molecular flexibility index (Phi) is 2.19. The summed E-state index contributed by atoms with van der Waals surface area (Å²) in [5, 5.41) is 19.4. The van der Waals surface area contributed by atoms with Crippen LogP contribution >= 0.6 is 11.6 Å². The van der Waals surface area contributed by atoms with E-state index in [4.69, 9.17) is 16.7 Å².